The molecule has 3 rings (SSSR count). The minimum Gasteiger partial charge on any atom is -0.393 e. The van der Waals surface area contributed by atoms with Gasteiger partial charge in [-0.05, 0) is 57.5 Å². The van der Waals surface area contributed by atoms with E-state index in [1.54, 1.807) is 0 Å². The highest BCUT2D eigenvalue weighted by Gasteiger charge is 2.31. The van der Waals surface area contributed by atoms with Crippen molar-refractivity contribution in [1.82, 2.24) is 10.2 Å². The molecule has 0 aromatic heterocycles. The lowest BCUT2D eigenvalue weighted by atomic mass is 9.91. The average Bonchev–Trinajstić information content (AvgIpc) is 2.40. The number of hydrogen-bond acceptors (Lipinski definition) is 4. The summed E-state index contributed by atoms with van der Waals surface area (Å²) in [5.74, 6) is 0.903. The fourth-order valence-corrected chi connectivity index (χ4v) is 3.58. The van der Waals surface area contributed by atoms with Gasteiger partial charge in [-0.15, -0.1) is 0 Å². The van der Waals surface area contributed by atoms with Gasteiger partial charge in [-0.25, -0.2) is 0 Å². The Kier molecular flexibility index (Phi) is 4.74. The van der Waals surface area contributed by atoms with Crippen LogP contribution >= 0.6 is 0 Å². The number of ether oxygens (including phenoxy) is 1. The normalized spacial score (nSPS) is 35.2. The van der Waals surface area contributed by atoms with Crippen LogP contribution in [0.4, 0.5) is 0 Å². The average molecular weight is 268 g/mol. The van der Waals surface area contributed by atoms with Crippen molar-refractivity contribution < 1.29 is 9.84 Å². The van der Waals surface area contributed by atoms with Gasteiger partial charge in [0.05, 0.1) is 18.3 Å². The van der Waals surface area contributed by atoms with Gasteiger partial charge in [0.15, 0.2) is 0 Å². The van der Waals surface area contributed by atoms with Crippen LogP contribution in [0.2, 0.25) is 0 Å². The molecule has 0 amide bonds. The molecule has 3 fully saturated rings. The molecule has 2 saturated heterocycles. The van der Waals surface area contributed by atoms with Gasteiger partial charge in [0.2, 0.25) is 0 Å². The number of likely N-dealkylation sites (tertiary alicyclic amines) is 1. The van der Waals surface area contributed by atoms with Gasteiger partial charge in [-0.2, -0.15) is 0 Å². The molecule has 1 aliphatic carbocycles. The highest BCUT2D eigenvalue weighted by Crippen LogP contribution is 2.27. The summed E-state index contributed by atoms with van der Waals surface area (Å²) in [6, 6.07) is 0. The van der Waals surface area contributed by atoms with Crippen molar-refractivity contribution in [2.24, 2.45) is 5.92 Å². The molecule has 2 aliphatic heterocycles. The zero-order chi connectivity index (χ0) is 13.1. The van der Waals surface area contributed by atoms with Crippen molar-refractivity contribution in [2.75, 3.05) is 32.7 Å². The summed E-state index contributed by atoms with van der Waals surface area (Å²) >= 11 is 0. The van der Waals surface area contributed by atoms with Crippen molar-refractivity contribution in [3.8, 4) is 0 Å². The third-order valence-electron chi connectivity index (χ3n) is 4.96. The molecule has 0 radical (unpaired) electrons. The van der Waals surface area contributed by atoms with Gasteiger partial charge in [-0.3, -0.25) is 0 Å². The molecular weight excluding hydrogens is 240 g/mol. The number of nitrogens with one attached hydrogen (secondary N) is 1. The standard InChI is InChI=1S/C15H28N2O2/c18-13-9-15(10-13)19-14-3-7-17(8-4-14)11-12-1-5-16-6-2-12/h12-16,18H,1-11H2/t13-,15-. The molecule has 3 aliphatic rings. The Balaban J connectivity index is 1.32. The van der Waals surface area contributed by atoms with Gasteiger partial charge >= 0.3 is 0 Å². The number of rotatable bonds is 4. The number of nitrogens with zero attached hydrogens (tertiary/aromatic N) is 1. The Labute approximate surface area is 116 Å². The van der Waals surface area contributed by atoms with Gasteiger partial charge < -0.3 is 20.1 Å². The smallest absolute Gasteiger partial charge is 0.0628 e. The van der Waals surface area contributed by atoms with E-state index in [0.717, 1.165) is 18.8 Å². The first kappa shape index (κ1) is 13.8. The lowest BCUT2D eigenvalue weighted by Gasteiger charge is -2.39. The Hall–Kier alpha value is -0.160. The van der Waals surface area contributed by atoms with Crippen LogP contribution in [-0.4, -0.2) is 61.0 Å². The van der Waals surface area contributed by atoms with E-state index in [9.17, 15) is 5.11 Å². The Morgan fingerprint density at radius 3 is 2.32 bits per heavy atom. The molecule has 0 aromatic rings. The highest BCUT2D eigenvalue weighted by atomic mass is 16.5. The molecule has 0 bridgehead atoms. The molecule has 1 saturated carbocycles. The fourth-order valence-electron chi connectivity index (χ4n) is 3.58. The summed E-state index contributed by atoms with van der Waals surface area (Å²) in [7, 11) is 0. The van der Waals surface area contributed by atoms with Crippen molar-refractivity contribution in [3.63, 3.8) is 0 Å². The van der Waals surface area contributed by atoms with Gasteiger partial charge in [0.1, 0.15) is 0 Å². The summed E-state index contributed by atoms with van der Waals surface area (Å²) in [5.41, 5.74) is 0. The predicted molar refractivity (Wildman–Crippen MR) is 75.2 cm³/mol. The van der Waals surface area contributed by atoms with E-state index < -0.39 is 0 Å². The fraction of sp³-hybridized carbons (Fsp3) is 1.00. The monoisotopic (exact) mass is 268 g/mol. The second-order valence-electron chi connectivity index (χ2n) is 6.58. The third kappa shape index (κ3) is 3.91. The van der Waals surface area contributed by atoms with E-state index >= 15 is 0 Å². The van der Waals surface area contributed by atoms with E-state index in [1.807, 2.05) is 0 Å². The molecule has 110 valence electrons. The first-order valence-corrected chi connectivity index (χ1v) is 8.06. The Morgan fingerprint density at radius 2 is 1.68 bits per heavy atom. The van der Waals surface area contributed by atoms with Crippen molar-refractivity contribution in [3.05, 3.63) is 0 Å². The number of aliphatic hydroxyl groups excluding tert-OH is 1. The molecule has 4 nitrogen and oxygen atoms in total. The summed E-state index contributed by atoms with van der Waals surface area (Å²) in [6.45, 7) is 6.09. The van der Waals surface area contributed by atoms with Crippen LogP contribution < -0.4 is 5.32 Å². The van der Waals surface area contributed by atoms with Crippen LogP contribution in [0.1, 0.15) is 38.5 Å². The van der Waals surface area contributed by atoms with E-state index in [4.69, 9.17) is 4.74 Å². The molecule has 0 atom stereocenters. The Morgan fingerprint density at radius 1 is 1.00 bits per heavy atom. The minimum absolute atomic E-state index is 0.0926. The maximum atomic E-state index is 9.28. The molecule has 0 spiro atoms. The second-order valence-corrected chi connectivity index (χ2v) is 6.58. The summed E-state index contributed by atoms with van der Waals surface area (Å²) in [6.07, 6.45) is 7.45. The van der Waals surface area contributed by atoms with Gasteiger partial charge in [0, 0.05) is 19.6 Å². The van der Waals surface area contributed by atoms with E-state index in [-0.39, 0.29) is 6.10 Å². The van der Waals surface area contributed by atoms with E-state index in [2.05, 4.69) is 10.2 Å². The quantitative estimate of drug-likeness (QED) is 0.798. The zero-order valence-electron chi connectivity index (χ0n) is 11.9. The van der Waals surface area contributed by atoms with E-state index in [1.165, 1.54) is 58.4 Å². The zero-order valence-corrected chi connectivity index (χ0v) is 11.9. The van der Waals surface area contributed by atoms with Gasteiger partial charge in [0.25, 0.3) is 0 Å². The topological polar surface area (TPSA) is 44.7 Å². The SMILES string of the molecule is O[C@H]1C[C@H](OC2CCN(CC3CCNCC3)CC2)C1. The Bertz CT molecular complexity index is 267. The number of aliphatic hydroxyl groups is 1. The molecule has 0 unspecified atom stereocenters. The second kappa shape index (κ2) is 6.53. The number of piperidine rings is 2. The van der Waals surface area contributed by atoms with Crippen LogP contribution in [0.3, 0.4) is 0 Å². The summed E-state index contributed by atoms with van der Waals surface area (Å²) in [4.78, 5) is 2.63. The first-order valence-electron chi connectivity index (χ1n) is 8.06. The van der Waals surface area contributed by atoms with Crippen LogP contribution in [0.15, 0.2) is 0 Å². The largest absolute Gasteiger partial charge is 0.393 e. The van der Waals surface area contributed by atoms with Crippen LogP contribution in [-0.2, 0) is 4.74 Å². The van der Waals surface area contributed by atoms with E-state index in [0.29, 0.717) is 12.2 Å². The summed E-state index contributed by atoms with van der Waals surface area (Å²) in [5, 5.41) is 12.7. The lowest BCUT2D eigenvalue weighted by Crippen LogP contribution is -2.44. The molecule has 0 aromatic carbocycles. The predicted octanol–water partition coefficient (Wildman–Crippen LogP) is 0.990. The maximum absolute atomic E-state index is 9.28. The minimum atomic E-state index is -0.0926. The lowest BCUT2D eigenvalue weighted by molar-refractivity contribution is -0.117. The molecular formula is C15H28N2O2. The van der Waals surface area contributed by atoms with Crippen molar-refractivity contribution >= 4 is 0 Å². The highest BCUT2D eigenvalue weighted by molar-refractivity contribution is 4.83. The van der Waals surface area contributed by atoms with Crippen LogP contribution in [0, 0.1) is 5.92 Å². The van der Waals surface area contributed by atoms with Crippen molar-refractivity contribution in [1.29, 1.82) is 0 Å². The third-order valence-corrected chi connectivity index (χ3v) is 4.96. The summed E-state index contributed by atoms with van der Waals surface area (Å²) < 4.78 is 6.04. The maximum Gasteiger partial charge on any atom is 0.0628 e. The molecule has 2 heterocycles. The molecule has 4 heteroatoms. The van der Waals surface area contributed by atoms with Crippen LogP contribution in [0.25, 0.3) is 0 Å². The number of hydrogen-bond donors (Lipinski definition) is 2. The first-order chi connectivity index (χ1) is 9.29. The van der Waals surface area contributed by atoms with Crippen molar-refractivity contribution in [2.45, 2.75) is 56.8 Å². The van der Waals surface area contributed by atoms with Crippen LogP contribution in [0.5, 0.6) is 0 Å². The molecule has 19 heavy (non-hydrogen) atoms. The van der Waals surface area contributed by atoms with Gasteiger partial charge in [-0.1, -0.05) is 0 Å². The molecule has 2 N–H and O–H groups in total.